The number of hydrogen-bond donors (Lipinski definition) is 2. The van der Waals surface area contributed by atoms with E-state index in [9.17, 15) is 0 Å². The van der Waals surface area contributed by atoms with Crippen LogP contribution in [0.1, 0.15) is 26.2 Å². The summed E-state index contributed by atoms with van der Waals surface area (Å²) in [4.78, 5) is 8.22. The van der Waals surface area contributed by atoms with E-state index in [0.29, 0.717) is 16.4 Å². The zero-order valence-corrected chi connectivity index (χ0v) is 11.7. The number of rotatable bonds is 8. The molecule has 0 bridgehead atoms. The SMILES string of the molecule is CCCCOCCCNc1nc(N)cc(Br)n1. The molecule has 0 radical (unpaired) electrons. The molecule has 96 valence electrons. The average Bonchev–Trinajstić information content (AvgIpc) is 2.26. The molecular formula is C11H19BrN4O. The van der Waals surface area contributed by atoms with Gasteiger partial charge in [0.2, 0.25) is 5.95 Å². The van der Waals surface area contributed by atoms with Crippen LogP contribution in [0.3, 0.4) is 0 Å². The fourth-order valence-electron chi connectivity index (χ4n) is 1.24. The summed E-state index contributed by atoms with van der Waals surface area (Å²) in [6.45, 7) is 4.54. The number of unbranched alkanes of at least 4 members (excludes halogenated alkanes) is 1. The first kappa shape index (κ1) is 14.2. The van der Waals surface area contributed by atoms with Crippen LogP contribution in [-0.2, 0) is 4.74 Å². The van der Waals surface area contributed by atoms with Gasteiger partial charge in [0.05, 0.1) is 0 Å². The van der Waals surface area contributed by atoms with Crippen LogP contribution in [0, 0.1) is 0 Å². The number of nitrogens with zero attached hydrogens (tertiary/aromatic N) is 2. The Hall–Kier alpha value is -0.880. The molecule has 1 heterocycles. The maximum atomic E-state index is 5.60. The summed E-state index contributed by atoms with van der Waals surface area (Å²) in [6.07, 6.45) is 3.22. The maximum Gasteiger partial charge on any atom is 0.225 e. The maximum absolute atomic E-state index is 5.60. The number of hydrogen-bond acceptors (Lipinski definition) is 5. The second-order valence-electron chi connectivity index (χ2n) is 3.69. The monoisotopic (exact) mass is 302 g/mol. The molecule has 1 aromatic heterocycles. The van der Waals surface area contributed by atoms with Gasteiger partial charge in [-0.05, 0) is 28.8 Å². The molecule has 0 atom stereocenters. The van der Waals surface area contributed by atoms with Crippen LogP contribution in [0.25, 0.3) is 0 Å². The minimum absolute atomic E-state index is 0.452. The van der Waals surface area contributed by atoms with E-state index in [4.69, 9.17) is 10.5 Å². The summed E-state index contributed by atoms with van der Waals surface area (Å²) in [5.41, 5.74) is 5.60. The van der Waals surface area contributed by atoms with Gasteiger partial charge in [-0.25, -0.2) is 4.98 Å². The van der Waals surface area contributed by atoms with Crippen molar-refractivity contribution in [3.8, 4) is 0 Å². The smallest absolute Gasteiger partial charge is 0.225 e. The summed E-state index contributed by atoms with van der Waals surface area (Å²) < 4.78 is 6.13. The molecule has 1 aromatic rings. The van der Waals surface area contributed by atoms with Gasteiger partial charge in [-0.15, -0.1) is 0 Å². The van der Waals surface area contributed by atoms with E-state index in [1.54, 1.807) is 6.07 Å². The predicted molar refractivity (Wildman–Crippen MR) is 73.0 cm³/mol. The van der Waals surface area contributed by atoms with Crippen LogP contribution in [0.15, 0.2) is 10.7 Å². The van der Waals surface area contributed by atoms with Crippen molar-refractivity contribution in [2.45, 2.75) is 26.2 Å². The van der Waals surface area contributed by atoms with Gasteiger partial charge in [0.25, 0.3) is 0 Å². The van der Waals surface area contributed by atoms with E-state index in [0.717, 1.165) is 32.6 Å². The predicted octanol–water partition coefficient (Wildman–Crippen LogP) is 2.44. The molecule has 3 N–H and O–H groups in total. The lowest BCUT2D eigenvalue weighted by Gasteiger charge is -2.06. The Kier molecular flexibility index (Phi) is 6.88. The molecule has 0 unspecified atom stereocenters. The Labute approximate surface area is 110 Å². The van der Waals surface area contributed by atoms with E-state index >= 15 is 0 Å². The van der Waals surface area contributed by atoms with Gasteiger partial charge in [0, 0.05) is 25.8 Å². The van der Waals surface area contributed by atoms with Crippen molar-refractivity contribution in [1.29, 1.82) is 0 Å². The van der Waals surface area contributed by atoms with Crippen molar-refractivity contribution in [2.24, 2.45) is 0 Å². The van der Waals surface area contributed by atoms with Gasteiger partial charge >= 0.3 is 0 Å². The highest BCUT2D eigenvalue weighted by molar-refractivity contribution is 9.10. The summed E-state index contributed by atoms with van der Waals surface area (Å²) in [5, 5.41) is 3.10. The first-order chi connectivity index (χ1) is 8.22. The van der Waals surface area contributed by atoms with Gasteiger partial charge < -0.3 is 15.8 Å². The van der Waals surface area contributed by atoms with Gasteiger partial charge in [-0.1, -0.05) is 13.3 Å². The highest BCUT2D eigenvalue weighted by Gasteiger charge is 1.99. The van der Waals surface area contributed by atoms with E-state index in [2.05, 4.69) is 38.1 Å². The lowest BCUT2D eigenvalue weighted by Crippen LogP contribution is -2.09. The number of anilines is 2. The Morgan fingerprint density at radius 3 is 2.82 bits per heavy atom. The Bertz CT molecular complexity index is 315. The molecule has 1 rings (SSSR count). The third-order valence-electron chi connectivity index (χ3n) is 2.11. The molecule has 17 heavy (non-hydrogen) atoms. The molecule has 0 spiro atoms. The van der Waals surface area contributed by atoms with Crippen molar-refractivity contribution >= 4 is 27.7 Å². The molecule has 0 aliphatic heterocycles. The van der Waals surface area contributed by atoms with Crippen molar-refractivity contribution < 1.29 is 4.74 Å². The first-order valence-electron chi connectivity index (χ1n) is 5.84. The standard InChI is InChI=1S/C11H19BrN4O/c1-2-3-6-17-7-4-5-14-11-15-9(12)8-10(13)16-11/h8H,2-7H2,1H3,(H3,13,14,15,16). The minimum Gasteiger partial charge on any atom is -0.383 e. The number of aromatic nitrogens is 2. The second kappa shape index (κ2) is 8.25. The van der Waals surface area contributed by atoms with Crippen LogP contribution in [0.4, 0.5) is 11.8 Å². The molecule has 0 amide bonds. The largest absolute Gasteiger partial charge is 0.383 e. The molecule has 0 fully saturated rings. The van der Waals surface area contributed by atoms with Crippen LogP contribution in [-0.4, -0.2) is 29.7 Å². The lowest BCUT2D eigenvalue weighted by atomic mass is 10.4. The third kappa shape index (κ3) is 6.43. The van der Waals surface area contributed by atoms with Gasteiger partial charge in [0.1, 0.15) is 10.4 Å². The Balaban J connectivity index is 2.13. The quantitative estimate of drug-likeness (QED) is 0.570. The van der Waals surface area contributed by atoms with E-state index in [1.807, 2.05) is 0 Å². The van der Waals surface area contributed by atoms with E-state index < -0.39 is 0 Å². The van der Waals surface area contributed by atoms with E-state index in [1.165, 1.54) is 6.42 Å². The molecule has 5 nitrogen and oxygen atoms in total. The third-order valence-corrected chi connectivity index (χ3v) is 2.51. The number of nitrogens with two attached hydrogens (primary N) is 1. The van der Waals surface area contributed by atoms with Crippen LogP contribution in [0.5, 0.6) is 0 Å². The van der Waals surface area contributed by atoms with Crippen LogP contribution in [0.2, 0.25) is 0 Å². The number of ether oxygens (including phenoxy) is 1. The van der Waals surface area contributed by atoms with Crippen LogP contribution < -0.4 is 11.1 Å². The highest BCUT2D eigenvalue weighted by atomic mass is 79.9. The van der Waals surface area contributed by atoms with Gasteiger partial charge in [0.15, 0.2) is 0 Å². The van der Waals surface area contributed by atoms with E-state index in [-0.39, 0.29) is 0 Å². The zero-order chi connectivity index (χ0) is 12.5. The average molecular weight is 303 g/mol. The minimum atomic E-state index is 0.452. The van der Waals surface area contributed by atoms with Crippen LogP contribution >= 0.6 is 15.9 Å². The van der Waals surface area contributed by atoms with Crippen molar-refractivity contribution in [2.75, 3.05) is 30.8 Å². The highest BCUT2D eigenvalue weighted by Crippen LogP contribution is 2.11. The Morgan fingerprint density at radius 2 is 2.12 bits per heavy atom. The number of nitrogen functional groups attached to an aromatic ring is 1. The van der Waals surface area contributed by atoms with Gasteiger partial charge in [-0.2, -0.15) is 4.98 Å². The molecule has 0 aliphatic carbocycles. The summed E-state index contributed by atoms with van der Waals surface area (Å²) in [6, 6.07) is 1.67. The topological polar surface area (TPSA) is 73.1 Å². The first-order valence-corrected chi connectivity index (χ1v) is 6.63. The molecule has 0 saturated carbocycles. The molecule has 0 saturated heterocycles. The molecular weight excluding hydrogens is 284 g/mol. The molecule has 6 heteroatoms. The number of nitrogens with one attached hydrogen (secondary N) is 1. The van der Waals surface area contributed by atoms with Crippen molar-refractivity contribution in [3.05, 3.63) is 10.7 Å². The summed E-state index contributed by atoms with van der Waals surface area (Å²) in [7, 11) is 0. The Morgan fingerprint density at radius 1 is 1.35 bits per heavy atom. The lowest BCUT2D eigenvalue weighted by molar-refractivity contribution is 0.131. The van der Waals surface area contributed by atoms with Crippen molar-refractivity contribution in [3.63, 3.8) is 0 Å². The summed E-state index contributed by atoms with van der Waals surface area (Å²) >= 11 is 3.27. The van der Waals surface area contributed by atoms with Crippen molar-refractivity contribution in [1.82, 2.24) is 9.97 Å². The fraction of sp³-hybridized carbons (Fsp3) is 0.636. The van der Waals surface area contributed by atoms with Gasteiger partial charge in [-0.3, -0.25) is 0 Å². The number of halogens is 1. The zero-order valence-electron chi connectivity index (χ0n) is 10.1. The fourth-order valence-corrected chi connectivity index (χ4v) is 1.64. The second-order valence-corrected chi connectivity index (χ2v) is 4.50. The molecule has 0 aliphatic rings. The normalized spacial score (nSPS) is 10.5. The summed E-state index contributed by atoms with van der Waals surface area (Å²) in [5.74, 6) is 0.999. The molecule has 0 aromatic carbocycles.